The summed E-state index contributed by atoms with van der Waals surface area (Å²) in [4.78, 5) is 19.4. The Labute approximate surface area is 173 Å². The van der Waals surface area contributed by atoms with Crippen LogP contribution in [0.2, 0.25) is 0 Å². The van der Waals surface area contributed by atoms with E-state index in [1.165, 1.54) is 5.56 Å². The molecule has 0 aliphatic carbocycles. The number of piperidine rings is 1. The molecule has 1 aromatic carbocycles. The first kappa shape index (κ1) is 21.5. The Kier molecular flexibility index (Phi) is 7.83. The molecule has 0 saturated carbocycles. The van der Waals surface area contributed by atoms with Gasteiger partial charge in [0.25, 0.3) is 0 Å². The summed E-state index contributed by atoms with van der Waals surface area (Å²) in [5.41, 5.74) is 3.31. The molecule has 2 heterocycles. The molecule has 0 bridgehead atoms. The maximum atomic E-state index is 12.3. The van der Waals surface area contributed by atoms with Gasteiger partial charge in [-0.25, -0.2) is 4.98 Å². The molecule has 6 heteroatoms. The minimum absolute atomic E-state index is 0.111. The molecule has 1 N–H and O–H groups in total. The van der Waals surface area contributed by atoms with Gasteiger partial charge in [-0.3, -0.25) is 9.69 Å². The highest BCUT2D eigenvalue weighted by Crippen LogP contribution is 2.25. The number of carbonyl (C=O) groups is 1. The monoisotopic (exact) mass is 399 g/mol. The zero-order valence-corrected chi connectivity index (χ0v) is 17.9. The highest BCUT2D eigenvalue weighted by Gasteiger charge is 2.25. The second-order valence-electron chi connectivity index (χ2n) is 7.76. The van der Waals surface area contributed by atoms with Crippen molar-refractivity contribution in [3.05, 3.63) is 41.3 Å². The van der Waals surface area contributed by atoms with Crippen molar-refractivity contribution in [2.24, 2.45) is 5.92 Å². The number of rotatable bonds is 9. The van der Waals surface area contributed by atoms with E-state index in [-0.39, 0.29) is 11.8 Å². The third-order valence-electron chi connectivity index (χ3n) is 5.66. The number of oxazole rings is 1. The molecule has 0 spiro atoms. The number of likely N-dealkylation sites (tertiary alicyclic amines) is 1. The van der Waals surface area contributed by atoms with Gasteiger partial charge in [-0.05, 0) is 63.4 Å². The Morgan fingerprint density at radius 3 is 2.66 bits per heavy atom. The van der Waals surface area contributed by atoms with Gasteiger partial charge < -0.3 is 14.5 Å². The molecule has 1 aliphatic rings. The second kappa shape index (κ2) is 10.6. The first-order valence-electron chi connectivity index (χ1n) is 10.6. The fraction of sp³-hybridized carbons (Fsp3) is 0.565. The van der Waals surface area contributed by atoms with Crippen molar-refractivity contribution >= 4 is 5.91 Å². The maximum absolute atomic E-state index is 12.3. The Morgan fingerprint density at radius 1 is 1.28 bits per heavy atom. The molecule has 2 aromatic rings. The Bertz CT molecular complexity index is 777. The number of aryl methyl sites for hydroxylation is 2. The molecule has 6 nitrogen and oxygen atoms in total. The molecule has 0 atom stereocenters. The summed E-state index contributed by atoms with van der Waals surface area (Å²) in [6.45, 7) is 8.08. The SMILES string of the molecule is CCc1ccc(-c2nc(CN3CCC(C(=O)NCCCOC)CC3)c(C)o2)cc1. The molecule has 1 aliphatic heterocycles. The summed E-state index contributed by atoms with van der Waals surface area (Å²) in [6.07, 6.45) is 3.66. The normalized spacial score (nSPS) is 15.6. The summed E-state index contributed by atoms with van der Waals surface area (Å²) in [6, 6.07) is 8.40. The number of nitrogens with one attached hydrogen (secondary N) is 1. The predicted octanol–water partition coefficient (Wildman–Crippen LogP) is 3.58. The molecule has 1 aromatic heterocycles. The smallest absolute Gasteiger partial charge is 0.226 e. The standard InChI is InChI=1S/C23H33N3O3/c1-4-18-6-8-20(9-7-18)23-25-21(17(2)29-23)16-26-13-10-19(11-14-26)22(27)24-12-5-15-28-3/h6-9,19H,4-5,10-16H2,1-3H3,(H,24,27). The van der Waals surface area contributed by atoms with Crippen LogP contribution in [0.3, 0.4) is 0 Å². The molecule has 0 radical (unpaired) electrons. The van der Waals surface area contributed by atoms with Crippen LogP contribution in [0.15, 0.2) is 28.7 Å². The van der Waals surface area contributed by atoms with E-state index in [0.29, 0.717) is 19.0 Å². The van der Waals surface area contributed by atoms with Gasteiger partial charge in [-0.2, -0.15) is 0 Å². The summed E-state index contributed by atoms with van der Waals surface area (Å²) < 4.78 is 10.9. The van der Waals surface area contributed by atoms with E-state index in [0.717, 1.165) is 62.3 Å². The summed E-state index contributed by atoms with van der Waals surface area (Å²) in [5.74, 6) is 1.85. The van der Waals surface area contributed by atoms with Gasteiger partial charge in [0.15, 0.2) is 0 Å². The molecule has 158 valence electrons. The van der Waals surface area contributed by atoms with Crippen molar-refractivity contribution in [3.63, 3.8) is 0 Å². The number of benzene rings is 1. The average molecular weight is 400 g/mol. The van der Waals surface area contributed by atoms with Crippen LogP contribution < -0.4 is 5.32 Å². The third kappa shape index (κ3) is 5.90. The van der Waals surface area contributed by atoms with Crippen LogP contribution in [0.5, 0.6) is 0 Å². The van der Waals surface area contributed by atoms with E-state index in [4.69, 9.17) is 14.1 Å². The second-order valence-corrected chi connectivity index (χ2v) is 7.76. The predicted molar refractivity (Wildman–Crippen MR) is 114 cm³/mol. The molecule has 1 saturated heterocycles. The van der Waals surface area contributed by atoms with Crippen LogP contribution in [-0.4, -0.2) is 49.1 Å². The fourth-order valence-electron chi connectivity index (χ4n) is 3.72. The first-order chi connectivity index (χ1) is 14.1. The topological polar surface area (TPSA) is 67.6 Å². The van der Waals surface area contributed by atoms with Crippen molar-refractivity contribution in [3.8, 4) is 11.5 Å². The number of nitrogens with zero attached hydrogens (tertiary/aromatic N) is 2. The minimum Gasteiger partial charge on any atom is -0.441 e. The maximum Gasteiger partial charge on any atom is 0.226 e. The Morgan fingerprint density at radius 2 is 2.00 bits per heavy atom. The van der Waals surface area contributed by atoms with Crippen molar-refractivity contribution in [1.29, 1.82) is 0 Å². The minimum atomic E-state index is 0.111. The molecule has 29 heavy (non-hydrogen) atoms. The highest BCUT2D eigenvalue weighted by molar-refractivity contribution is 5.78. The van der Waals surface area contributed by atoms with Gasteiger partial charge in [0, 0.05) is 38.3 Å². The number of hydrogen-bond donors (Lipinski definition) is 1. The van der Waals surface area contributed by atoms with E-state index >= 15 is 0 Å². The zero-order valence-electron chi connectivity index (χ0n) is 17.9. The average Bonchev–Trinajstić information content (AvgIpc) is 3.12. The Balaban J connectivity index is 1.50. The van der Waals surface area contributed by atoms with E-state index < -0.39 is 0 Å². The van der Waals surface area contributed by atoms with Gasteiger partial charge in [-0.1, -0.05) is 19.1 Å². The van der Waals surface area contributed by atoms with Crippen LogP contribution in [0.4, 0.5) is 0 Å². The molecule has 1 amide bonds. The molecule has 0 unspecified atom stereocenters. The number of hydrogen-bond acceptors (Lipinski definition) is 5. The Hall–Kier alpha value is -2.18. The van der Waals surface area contributed by atoms with E-state index in [9.17, 15) is 4.79 Å². The van der Waals surface area contributed by atoms with Crippen molar-refractivity contribution in [1.82, 2.24) is 15.2 Å². The van der Waals surface area contributed by atoms with Crippen LogP contribution in [-0.2, 0) is 22.5 Å². The van der Waals surface area contributed by atoms with Gasteiger partial charge in [0.05, 0.1) is 5.69 Å². The number of aromatic nitrogens is 1. The summed E-state index contributed by atoms with van der Waals surface area (Å²) in [7, 11) is 1.68. The quantitative estimate of drug-likeness (QED) is 0.653. The molecular formula is C23H33N3O3. The van der Waals surface area contributed by atoms with Crippen LogP contribution in [0.1, 0.15) is 43.2 Å². The largest absolute Gasteiger partial charge is 0.441 e. The highest BCUT2D eigenvalue weighted by atomic mass is 16.5. The lowest BCUT2D eigenvalue weighted by atomic mass is 9.95. The van der Waals surface area contributed by atoms with Crippen LogP contribution in [0, 0.1) is 12.8 Å². The third-order valence-corrected chi connectivity index (χ3v) is 5.66. The number of methoxy groups -OCH3 is 1. The molecule has 1 fully saturated rings. The van der Waals surface area contributed by atoms with Gasteiger partial charge in [-0.15, -0.1) is 0 Å². The van der Waals surface area contributed by atoms with E-state index in [2.05, 4.69) is 41.4 Å². The van der Waals surface area contributed by atoms with Gasteiger partial charge in [0.1, 0.15) is 5.76 Å². The molecular weight excluding hydrogens is 366 g/mol. The van der Waals surface area contributed by atoms with Crippen molar-refractivity contribution in [2.75, 3.05) is 33.4 Å². The van der Waals surface area contributed by atoms with E-state index in [1.54, 1.807) is 7.11 Å². The number of amides is 1. The zero-order chi connectivity index (χ0) is 20.6. The number of carbonyl (C=O) groups excluding carboxylic acids is 1. The lowest BCUT2D eigenvalue weighted by molar-refractivity contribution is -0.126. The fourth-order valence-corrected chi connectivity index (χ4v) is 3.72. The lowest BCUT2D eigenvalue weighted by Crippen LogP contribution is -2.40. The van der Waals surface area contributed by atoms with Crippen molar-refractivity contribution in [2.45, 2.75) is 46.1 Å². The van der Waals surface area contributed by atoms with Crippen molar-refractivity contribution < 1.29 is 13.9 Å². The first-order valence-corrected chi connectivity index (χ1v) is 10.6. The van der Waals surface area contributed by atoms with Crippen LogP contribution in [0.25, 0.3) is 11.5 Å². The summed E-state index contributed by atoms with van der Waals surface area (Å²) in [5, 5.41) is 3.03. The number of ether oxygens (including phenoxy) is 1. The van der Waals surface area contributed by atoms with Gasteiger partial charge >= 0.3 is 0 Å². The lowest BCUT2D eigenvalue weighted by Gasteiger charge is -2.30. The van der Waals surface area contributed by atoms with Gasteiger partial charge in [0.2, 0.25) is 11.8 Å². The molecule has 3 rings (SSSR count). The van der Waals surface area contributed by atoms with E-state index in [1.807, 2.05) is 6.92 Å². The summed E-state index contributed by atoms with van der Waals surface area (Å²) >= 11 is 0. The van der Waals surface area contributed by atoms with Crippen LogP contribution >= 0.6 is 0 Å².